The molecule has 0 amide bonds. The Morgan fingerprint density at radius 2 is 1.89 bits per heavy atom. The lowest BCUT2D eigenvalue weighted by Crippen LogP contribution is -2.45. The lowest BCUT2D eigenvalue weighted by atomic mass is 9.96. The third-order valence-electron chi connectivity index (χ3n) is 4.78. The molecule has 1 aliphatic heterocycles. The van der Waals surface area contributed by atoms with Gasteiger partial charge in [-0.3, -0.25) is 14.4 Å². The molecule has 0 aliphatic carbocycles. The highest BCUT2D eigenvalue weighted by atomic mass is 32.3. The molecule has 9 heteroatoms. The number of methoxy groups -OCH3 is 1. The minimum Gasteiger partial charge on any atom is -0.496 e. The quantitative estimate of drug-likeness (QED) is 0.641. The second kappa shape index (κ2) is 9.44. The summed E-state index contributed by atoms with van der Waals surface area (Å²) >= 11 is 0. The second-order valence-corrected chi connectivity index (χ2v) is 7.59. The average Bonchev–Trinajstić information content (AvgIpc) is 2.71. The van der Waals surface area contributed by atoms with Crippen LogP contribution in [-0.2, 0) is 14.6 Å². The molecular formula is C19H25N3O5S. The van der Waals surface area contributed by atoms with Crippen LogP contribution in [0, 0.1) is 0 Å². The fraction of sp³-hybridized carbons (Fsp3) is 0.421. The highest BCUT2D eigenvalue weighted by molar-refractivity contribution is 7.80. The molecule has 28 heavy (non-hydrogen) atoms. The molecular weight excluding hydrogens is 382 g/mol. The molecule has 3 rings (SSSR count). The molecule has 1 aromatic heterocycles. The molecule has 0 saturated carbocycles. The molecule has 0 bridgehead atoms. The second-order valence-electron chi connectivity index (χ2n) is 6.55. The Morgan fingerprint density at radius 1 is 1.18 bits per heavy atom. The summed E-state index contributed by atoms with van der Waals surface area (Å²) in [5, 5.41) is 3.32. The smallest absolute Gasteiger partial charge is 0.398 e. The third-order valence-corrected chi connectivity index (χ3v) is 5.26. The number of nitrogens with zero attached hydrogens (tertiary/aromatic N) is 2. The Morgan fingerprint density at radius 3 is 2.54 bits per heavy atom. The summed E-state index contributed by atoms with van der Waals surface area (Å²) in [4.78, 5) is 6.50. The third kappa shape index (κ3) is 5.49. The number of aromatic nitrogens is 1. The van der Waals surface area contributed by atoms with E-state index in [4.69, 9.17) is 8.92 Å². The predicted molar refractivity (Wildman–Crippen MR) is 104 cm³/mol. The molecule has 0 radical (unpaired) electrons. The summed E-state index contributed by atoms with van der Waals surface area (Å²) in [6, 6.07) is 12.7. The monoisotopic (exact) mass is 407 g/mol. The minimum atomic E-state index is -4.65. The molecule has 2 heterocycles. The van der Waals surface area contributed by atoms with E-state index < -0.39 is 16.5 Å². The van der Waals surface area contributed by atoms with Crippen LogP contribution < -0.4 is 10.1 Å². The first-order chi connectivity index (χ1) is 13.5. The number of nitrogens with one attached hydrogen (secondary N) is 1. The Hall–Kier alpha value is -2.04. The highest BCUT2D eigenvalue weighted by Gasteiger charge is 2.31. The first-order valence-corrected chi connectivity index (χ1v) is 10.5. The zero-order chi connectivity index (χ0) is 20.0. The maximum atomic E-state index is 11.5. The van der Waals surface area contributed by atoms with Gasteiger partial charge in [-0.1, -0.05) is 24.3 Å². The number of benzene rings is 1. The molecule has 8 nitrogen and oxygen atoms in total. The zero-order valence-electron chi connectivity index (χ0n) is 15.7. The molecule has 2 aromatic rings. The van der Waals surface area contributed by atoms with E-state index in [2.05, 4.69) is 15.2 Å². The SMILES string of the molecule is COc1ccccc1C(CC(OS(=O)(=O)O)c1ccccn1)N1CCNCC1. The van der Waals surface area contributed by atoms with Crippen molar-refractivity contribution in [2.75, 3.05) is 33.3 Å². The van der Waals surface area contributed by atoms with Crippen molar-refractivity contribution < 1.29 is 21.9 Å². The maximum Gasteiger partial charge on any atom is 0.398 e. The lowest BCUT2D eigenvalue weighted by molar-refractivity contribution is 0.0986. The summed E-state index contributed by atoms with van der Waals surface area (Å²) in [6.07, 6.45) is 0.927. The first kappa shape index (κ1) is 20.7. The Labute approximate surface area is 165 Å². The normalized spacial score (nSPS) is 17.8. The maximum absolute atomic E-state index is 11.5. The molecule has 152 valence electrons. The van der Waals surface area contributed by atoms with Crippen molar-refractivity contribution in [2.24, 2.45) is 0 Å². The first-order valence-electron chi connectivity index (χ1n) is 9.12. The van der Waals surface area contributed by atoms with E-state index in [1.807, 2.05) is 24.3 Å². The topological polar surface area (TPSA) is 101 Å². The van der Waals surface area contributed by atoms with Crippen LogP contribution >= 0.6 is 0 Å². The molecule has 2 unspecified atom stereocenters. The predicted octanol–water partition coefficient (Wildman–Crippen LogP) is 1.99. The van der Waals surface area contributed by atoms with Gasteiger partial charge in [0.2, 0.25) is 0 Å². The van der Waals surface area contributed by atoms with E-state index in [1.165, 1.54) is 0 Å². The van der Waals surface area contributed by atoms with Crippen LogP contribution in [0.1, 0.15) is 29.8 Å². The van der Waals surface area contributed by atoms with Crippen molar-refractivity contribution in [3.8, 4) is 5.75 Å². The van der Waals surface area contributed by atoms with E-state index in [1.54, 1.807) is 31.5 Å². The number of ether oxygens (including phenoxy) is 1. The van der Waals surface area contributed by atoms with Gasteiger partial charge in [-0.2, -0.15) is 8.42 Å². The van der Waals surface area contributed by atoms with Crippen LogP contribution in [-0.4, -0.2) is 56.1 Å². The van der Waals surface area contributed by atoms with E-state index in [0.717, 1.165) is 37.5 Å². The highest BCUT2D eigenvalue weighted by Crippen LogP contribution is 2.37. The fourth-order valence-corrected chi connectivity index (χ4v) is 4.00. The Bertz CT molecular complexity index is 857. The number of para-hydroxylation sites is 1. The van der Waals surface area contributed by atoms with Gasteiger partial charge in [0.25, 0.3) is 0 Å². The van der Waals surface area contributed by atoms with Gasteiger partial charge in [-0.25, -0.2) is 4.18 Å². The average molecular weight is 407 g/mol. The van der Waals surface area contributed by atoms with Crippen LogP contribution in [0.25, 0.3) is 0 Å². The molecule has 1 aromatic carbocycles. The van der Waals surface area contributed by atoms with Crippen molar-refractivity contribution in [3.63, 3.8) is 0 Å². The number of piperazine rings is 1. The van der Waals surface area contributed by atoms with Crippen LogP contribution in [0.4, 0.5) is 0 Å². The van der Waals surface area contributed by atoms with E-state index >= 15 is 0 Å². The summed E-state index contributed by atoms with van der Waals surface area (Å²) < 4.78 is 42.9. The summed E-state index contributed by atoms with van der Waals surface area (Å²) in [7, 11) is -3.04. The number of rotatable bonds is 8. The van der Waals surface area contributed by atoms with Gasteiger partial charge >= 0.3 is 10.4 Å². The van der Waals surface area contributed by atoms with Crippen LogP contribution in [0.5, 0.6) is 5.75 Å². The van der Waals surface area contributed by atoms with Gasteiger partial charge in [0.1, 0.15) is 11.9 Å². The Kier molecular flexibility index (Phi) is 6.97. The molecule has 2 N–H and O–H groups in total. The number of hydrogen-bond acceptors (Lipinski definition) is 7. The van der Waals surface area contributed by atoms with Crippen molar-refractivity contribution >= 4 is 10.4 Å². The summed E-state index contributed by atoms with van der Waals surface area (Å²) in [5.41, 5.74) is 1.38. The van der Waals surface area contributed by atoms with Gasteiger partial charge in [-0.15, -0.1) is 0 Å². The van der Waals surface area contributed by atoms with Gasteiger partial charge in [-0.05, 0) is 18.2 Å². The number of hydrogen-bond donors (Lipinski definition) is 2. The largest absolute Gasteiger partial charge is 0.496 e. The molecule has 1 saturated heterocycles. The summed E-state index contributed by atoms with van der Waals surface area (Å²) in [6.45, 7) is 3.26. The van der Waals surface area contributed by atoms with Crippen molar-refractivity contribution in [2.45, 2.75) is 18.6 Å². The van der Waals surface area contributed by atoms with Crippen molar-refractivity contribution in [1.82, 2.24) is 15.2 Å². The van der Waals surface area contributed by atoms with Gasteiger partial charge in [0.15, 0.2) is 0 Å². The van der Waals surface area contributed by atoms with Crippen LogP contribution in [0.3, 0.4) is 0 Å². The molecule has 1 fully saturated rings. The van der Waals surface area contributed by atoms with Gasteiger partial charge < -0.3 is 10.1 Å². The van der Waals surface area contributed by atoms with Gasteiger partial charge in [0, 0.05) is 50.4 Å². The van der Waals surface area contributed by atoms with Crippen LogP contribution in [0.15, 0.2) is 48.7 Å². The molecule has 0 spiro atoms. The van der Waals surface area contributed by atoms with E-state index in [0.29, 0.717) is 5.69 Å². The zero-order valence-corrected chi connectivity index (χ0v) is 16.5. The number of pyridine rings is 1. The molecule has 1 aliphatic rings. The summed E-state index contributed by atoms with van der Waals surface area (Å²) in [5.74, 6) is 0.720. The fourth-order valence-electron chi connectivity index (χ4n) is 3.53. The van der Waals surface area contributed by atoms with Crippen LogP contribution in [0.2, 0.25) is 0 Å². The Balaban J connectivity index is 1.97. The van der Waals surface area contributed by atoms with E-state index in [9.17, 15) is 13.0 Å². The lowest BCUT2D eigenvalue weighted by Gasteiger charge is -2.37. The molecule has 2 atom stereocenters. The standard InChI is InChI=1S/C19H25N3O5S/c1-26-18-8-3-2-6-15(18)17(22-12-10-20-11-13-22)14-19(27-28(23,24)25)16-7-4-5-9-21-16/h2-9,17,19-20H,10-14H2,1H3,(H,23,24,25). The van der Waals surface area contributed by atoms with E-state index in [-0.39, 0.29) is 12.5 Å². The van der Waals surface area contributed by atoms with Crippen molar-refractivity contribution in [1.29, 1.82) is 0 Å². The van der Waals surface area contributed by atoms with Gasteiger partial charge in [0.05, 0.1) is 12.8 Å². The van der Waals surface area contributed by atoms with Crippen molar-refractivity contribution in [3.05, 3.63) is 59.9 Å². The minimum absolute atomic E-state index is 0.174.